The Morgan fingerprint density at radius 2 is 2.42 bits per heavy atom. The van der Waals surface area contributed by atoms with Crippen molar-refractivity contribution in [2.24, 2.45) is 0 Å². The number of carbonyl (C=O) groups excluding carboxylic acids is 1. The summed E-state index contributed by atoms with van der Waals surface area (Å²) in [5.41, 5.74) is 0.441. The molecular formula is C13H17ClFN3O. The van der Waals surface area contributed by atoms with Gasteiger partial charge in [-0.3, -0.25) is 9.69 Å². The van der Waals surface area contributed by atoms with Crippen LogP contribution in [0.25, 0.3) is 0 Å². The standard InChI is InChI=1S/C13H17ClFN3O/c1-9-7-18(5-4-16-9)8-13(19)17-12-3-2-10(15)6-11(12)14/h2-3,6,9,16H,4-5,7-8H2,1H3,(H,17,19)/t9-/m0/s1. The fourth-order valence-corrected chi connectivity index (χ4v) is 2.35. The van der Waals surface area contributed by atoms with Gasteiger partial charge in [0.15, 0.2) is 0 Å². The van der Waals surface area contributed by atoms with Gasteiger partial charge >= 0.3 is 0 Å². The van der Waals surface area contributed by atoms with Crippen molar-refractivity contribution in [3.8, 4) is 0 Å². The van der Waals surface area contributed by atoms with Gasteiger partial charge in [0, 0.05) is 25.7 Å². The van der Waals surface area contributed by atoms with Gasteiger partial charge in [-0.25, -0.2) is 4.39 Å². The second-order valence-corrected chi connectivity index (χ2v) is 5.17. The van der Waals surface area contributed by atoms with Crippen LogP contribution in [0.3, 0.4) is 0 Å². The zero-order valence-corrected chi connectivity index (χ0v) is 11.5. The summed E-state index contributed by atoms with van der Waals surface area (Å²) < 4.78 is 12.9. The highest BCUT2D eigenvalue weighted by Gasteiger charge is 2.18. The molecule has 0 spiro atoms. The van der Waals surface area contributed by atoms with Gasteiger partial charge < -0.3 is 10.6 Å². The molecule has 2 N–H and O–H groups in total. The highest BCUT2D eigenvalue weighted by atomic mass is 35.5. The SMILES string of the molecule is C[C@H]1CN(CC(=O)Nc2ccc(F)cc2Cl)CCN1. The molecule has 1 aliphatic heterocycles. The molecule has 1 aromatic rings. The van der Waals surface area contributed by atoms with Crippen LogP contribution in [-0.4, -0.2) is 43.0 Å². The molecule has 19 heavy (non-hydrogen) atoms. The number of anilines is 1. The van der Waals surface area contributed by atoms with E-state index in [0.29, 0.717) is 18.3 Å². The van der Waals surface area contributed by atoms with Crippen LogP contribution in [0.1, 0.15) is 6.92 Å². The van der Waals surface area contributed by atoms with E-state index in [0.717, 1.165) is 19.6 Å². The van der Waals surface area contributed by atoms with Gasteiger partial charge in [-0.2, -0.15) is 0 Å². The summed E-state index contributed by atoms with van der Waals surface area (Å²) in [7, 11) is 0. The minimum absolute atomic E-state index is 0.136. The van der Waals surface area contributed by atoms with Crippen molar-refractivity contribution in [3.63, 3.8) is 0 Å². The highest BCUT2D eigenvalue weighted by molar-refractivity contribution is 6.33. The molecule has 1 aliphatic rings. The third kappa shape index (κ3) is 4.16. The number of piperazine rings is 1. The van der Waals surface area contributed by atoms with Crippen molar-refractivity contribution < 1.29 is 9.18 Å². The Morgan fingerprint density at radius 1 is 1.63 bits per heavy atom. The Labute approximate surface area is 116 Å². The maximum absolute atomic E-state index is 12.9. The van der Waals surface area contributed by atoms with Gasteiger partial charge in [0.05, 0.1) is 17.3 Å². The molecule has 0 aromatic heterocycles. The fourth-order valence-electron chi connectivity index (χ4n) is 2.14. The Balaban J connectivity index is 1.90. The number of halogens is 2. The average molecular weight is 286 g/mol. The van der Waals surface area contributed by atoms with Gasteiger partial charge in [0.25, 0.3) is 0 Å². The third-order valence-corrected chi connectivity index (χ3v) is 3.34. The first-order chi connectivity index (χ1) is 9.04. The topological polar surface area (TPSA) is 44.4 Å². The zero-order chi connectivity index (χ0) is 13.8. The molecule has 0 saturated carbocycles. The van der Waals surface area contributed by atoms with Gasteiger partial charge in [-0.05, 0) is 25.1 Å². The summed E-state index contributed by atoms with van der Waals surface area (Å²) >= 11 is 5.86. The smallest absolute Gasteiger partial charge is 0.238 e. The van der Waals surface area contributed by atoms with E-state index in [2.05, 4.69) is 22.5 Å². The first-order valence-corrected chi connectivity index (χ1v) is 6.63. The summed E-state index contributed by atoms with van der Waals surface area (Å²) in [5.74, 6) is -0.554. The van der Waals surface area contributed by atoms with E-state index in [-0.39, 0.29) is 10.9 Å². The molecule has 0 aliphatic carbocycles. The number of nitrogens with one attached hydrogen (secondary N) is 2. The van der Waals surface area contributed by atoms with E-state index >= 15 is 0 Å². The van der Waals surface area contributed by atoms with Crippen LogP contribution in [0.2, 0.25) is 5.02 Å². The van der Waals surface area contributed by atoms with E-state index in [1.54, 1.807) is 0 Å². The Hall–Kier alpha value is -1.17. The number of nitrogens with zero attached hydrogens (tertiary/aromatic N) is 1. The number of carbonyl (C=O) groups is 1. The van der Waals surface area contributed by atoms with Crippen LogP contribution in [0.4, 0.5) is 10.1 Å². The molecule has 0 bridgehead atoms. The Morgan fingerprint density at radius 3 is 3.11 bits per heavy atom. The lowest BCUT2D eigenvalue weighted by Gasteiger charge is -2.31. The summed E-state index contributed by atoms with van der Waals surface area (Å²) in [5, 5.41) is 6.22. The molecule has 1 saturated heterocycles. The Kier molecular flexibility index (Phi) is 4.74. The van der Waals surface area contributed by atoms with Crippen LogP contribution >= 0.6 is 11.6 Å². The monoisotopic (exact) mass is 285 g/mol. The minimum Gasteiger partial charge on any atom is -0.324 e. The number of amides is 1. The predicted molar refractivity (Wildman–Crippen MR) is 73.9 cm³/mol. The average Bonchev–Trinajstić information content (AvgIpc) is 2.33. The minimum atomic E-state index is -0.418. The lowest BCUT2D eigenvalue weighted by Crippen LogP contribution is -2.51. The zero-order valence-electron chi connectivity index (χ0n) is 10.7. The number of benzene rings is 1. The van der Waals surface area contributed by atoms with Crippen LogP contribution in [0, 0.1) is 5.82 Å². The van der Waals surface area contributed by atoms with E-state index in [1.165, 1.54) is 18.2 Å². The maximum atomic E-state index is 12.9. The van der Waals surface area contributed by atoms with Crippen molar-refractivity contribution in [2.75, 3.05) is 31.5 Å². The van der Waals surface area contributed by atoms with Crippen LogP contribution in [0.5, 0.6) is 0 Å². The molecule has 1 amide bonds. The molecular weight excluding hydrogens is 269 g/mol. The van der Waals surface area contributed by atoms with Crippen LogP contribution < -0.4 is 10.6 Å². The van der Waals surface area contributed by atoms with Crippen LogP contribution in [0.15, 0.2) is 18.2 Å². The first-order valence-electron chi connectivity index (χ1n) is 6.25. The number of rotatable bonds is 3. The van der Waals surface area contributed by atoms with E-state index < -0.39 is 5.82 Å². The second-order valence-electron chi connectivity index (χ2n) is 4.76. The van der Waals surface area contributed by atoms with E-state index in [4.69, 9.17) is 11.6 Å². The maximum Gasteiger partial charge on any atom is 0.238 e. The van der Waals surface area contributed by atoms with Crippen molar-refractivity contribution >= 4 is 23.2 Å². The predicted octanol–water partition coefficient (Wildman–Crippen LogP) is 1.71. The molecule has 104 valence electrons. The van der Waals surface area contributed by atoms with Crippen molar-refractivity contribution in [2.45, 2.75) is 13.0 Å². The van der Waals surface area contributed by atoms with Crippen molar-refractivity contribution in [1.29, 1.82) is 0 Å². The summed E-state index contributed by atoms with van der Waals surface area (Å²) in [6.45, 7) is 4.96. The number of hydrogen-bond acceptors (Lipinski definition) is 3. The van der Waals surface area contributed by atoms with Gasteiger partial charge in [-0.1, -0.05) is 11.6 Å². The molecule has 1 heterocycles. The Bertz CT molecular complexity index is 469. The normalized spacial score (nSPS) is 20.3. The second kappa shape index (κ2) is 6.32. The lowest BCUT2D eigenvalue weighted by molar-refractivity contribution is -0.117. The van der Waals surface area contributed by atoms with Crippen LogP contribution in [-0.2, 0) is 4.79 Å². The summed E-state index contributed by atoms with van der Waals surface area (Å²) in [6, 6.07) is 4.31. The molecule has 0 unspecified atom stereocenters. The fraction of sp³-hybridized carbons (Fsp3) is 0.462. The largest absolute Gasteiger partial charge is 0.324 e. The molecule has 1 fully saturated rings. The van der Waals surface area contributed by atoms with Crippen molar-refractivity contribution in [1.82, 2.24) is 10.2 Å². The lowest BCUT2D eigenvalue weighted by atomic mass is 10.2. The quantitative estimate of drug-likeness (QED) is 0.889. The molecule has 0 radical (unpaired) electrons. The number of hydrogen-bond donors (Lipinski definition) is 2. The molecule has 6 heteroatoms. The van der Waals surface area contributed by atoms with E-state index in [1.807, 2.05) is 0 Å². The van der Waals surface area contributed by atoms with E-state index in [9.17, 15) is 9.18 Å². The van der Waals surface area contributed by atoms with Gasteiger partial charge in [0.2, 0.25) is 5.91 Å². The molecule has 2 rings (SSSR count). The summed E-state index contributed by atoms with van der Waals surface area (Å²) in [4.78, 5) is 14.0. The molecule has 1 atom stereocenters. The summed E-state index contributed by atoms with van der Waals surface area (Å²) in [6.07, 6.45) is 0. The van der Waals surface area contributed by atoms with Crippen molar-refractivity contribution in [3.05, 3.63) is 29.0 Å². The molecule has 1 aromatic carbocycles. The third-order valence-electron chi connectivity index (χ3n) is 3.03. The van der Waals surface area contributed by atoms with Gasteiger partial charge in [0.1, 0.15) is 5.82 Å². The first kappa shape index (κ1) is 14.2. The highest BCUT2D eigenvalue weighted by Crippen LogP contribution is 2.22. The molecule has 4 nitrogen and oxygen atoms in total. The van der Waals surface area contributed by atoms with Gasteiger partial charge in [-0.15, -0.1) is 0 Å².